The SMILES string of the molecule is FC(F)(F)c1cccc(SN2CCNCC2)c1. The van der Waals surface area contributed by atoms with E-state index < -0.39 is 11.7 Å². The number of nitrogens with zero attached hydrogens (tertiary/aromatic N) is 1. The molecule has 1 aliphatic rings. The molecule has 2 rings (SSSR count). The molecular formula is C11H13F3N2S. The maximum atomic E-state index is 12.5. The molecule has 0 aliphatic carbocycles. The zero-order chi connectivity index (χ0) is 12.3. The minimum atomic E-state index is -4.26. The molecule has 1 N–H and O–H groups in total. The van der Waals surface area contributed by atoms with E-state index >= 15 is 0 Å². The highest BCUT2D eigenvalue weighted by atomic mass is 32.2. The Morgan fingerprint density at radius 1 is 1.18 bits per heavy atom. The minimum absolute atomic E-state index is 0.586. The van der Waals surface area contributed by atoms with Crippen LogP contribution >= 0.6 is 11.9 Å². The van der Waals surface area contributed by atoms with Gasteiger partial charge < -0.3 is 5.32 Å². The maximum Gasteiger partial charge on any atom is 0.416 e. The average molecular weight is 262 g/mol. The van der Waals surface area contributed by atoms with E-state index in [1.165, 1.54) is 24.1 Å². The fourth-order valence-corrected chi connectivity index (χ4v) is 2.60. The highest BCUT2D eigenvalue weighted by Gasteiger charge is 2.30. The average Bonchev–Trinajstić information content (AvgIpc) is 2.29. The third kappa shape index (κ3) is 3.62. The number of alkyl halides is 3. The molecule has 1 aliphatic heterocycles. The van der Waals surface area contributed by atoms with Gasteiger partial charge in [0.05, 0.1) is 5.56 Å². The van der Waals surface area contributed by atoms with Gasteiger partial charge in [0, 0.05) is 31.1 Å². The van der Waals surface area contributed by atoms with E-state index in [-0.39, 0.29) is 0 Å². The first kappa shape index (κ1) is 12.7. The number of hydrogen-bond acceptors (Lipinski definition) is 3. The van der Waals surface area contributed by atoms with E-state index in [9.17, 15) is 13.2 Å². The van der Waals surface area contributed by atoms with E-state index in [0.29, 0.717) is 4.90 Å². The van der Waals surface area contributed by atoms with Crippen molar-refractivity contribution in [1.82, 2.24) is 9.62 Å². The van der Waals surface area contributed by atoms with Crippen LogP contribution in [-0.4, -0.2) is 30.5 Å². The van der Waals surface area contributed by atoms with Crippen LogP contribution in [0.15, 0.2) is 29.2 Å². The molecule has 0 unspecified atom stereocenters. The third-order valence-electron chi connectivity index (χ3n) is 2.47. The van der Waals surface area contributed by atoms with Crippen molar-refractivity contribution in [2.24, 2.45) is 0 Å². The summed E-state index contributed by atoms with van der Waals surface area (Å²) in [5, 5.41) is 3.20. The summed E-state index contributed by atoms with van der Waals surface area (Å²) >= 11 is 1.39. The van der Waals surface area contributed by atoms with Gasteiger partial charge in [-0.25, -0.2) is 4.31 Å². The molecule has 0 spiro atoms. The van der Waals surface area contributed by atoms with Crippen molar-refractivity contribution in [3.05, 3.63) is 29.8 Å². The van der Waals surface area contributed by atoms with Crippen LogP contribution in [0.2, 0.25) is 0 Å². The van der Waals surface area contributed by atoms with Crippen molar-refractivity contribution >= 4 is 11.9 Å². The molecule has 2 nitrogen and oxygen atoms in total. The number of rotatable bonds is 2. The Bertz CT molecular complexity index is 375. The Kier molecular flexibility index (Phi) is 3.96. The Labute approximate surface area is 102 Å². The van der Waals surface area contributed by atoms with Crippen LogP contribution in [0.3, 0.4) is 0 Å². The molecule has 0 amide bonds. The van der Waals surface area contributed by atoms with Crippen LogP contribution in [0.5, 0.6) is 0 Å². The van der Waals surface area contributed by atoms with Gasteiger partial charge in [-0.2, -0.15) is 13.2 Å². The molecule has 0 bridgehead atoms. The molecule has 6 heteroatoms. The van der Waals surface area contributed by atoms with E-state index in [1.807, 2.05) is 0 Å². The molecule has 1 aromatic rings. The van der Waals surface area contributed by atoms with Crippen LogP contribution in [0, 0.1) is 0 Å². The predicted molar refractivity (Wildman–Crippen MR) is 61.7 cm³/mol. The molecule has 0 radical (unpaired) electrons. The smallest absolute Gasteiger partial charge is 0.314 e. The first-order chi connectivity index (χ1) is 8.05. The van der Waals surface area contributed by atoms with E-state index in [1.54, 1.807) is 6.07 Å². The lowest BCUT2D eigenvalue weighted by atomic mass is 10.2. The number of halogens is 3. The van der Waals surface area contributed by atoms with Gasteiger partial charge in [-0.05, 0) is 30.1 Å². The molecule has 1 aromatic carbocycles. The zero-order valence-electron chi connectivity index (χ0n) is 9.13. The lowest BCUT2D eigenvalue weighted by molar-refractivity contribution is -0.137. The normalized spacial score (nSPS) is 18.3. The monoisotopic (exact) mass is 262 g/mol. The topological polar surface area (TPSA) is 15.3 Å². The van der Waals surface area contributed by atoms with Gasteiger partial charge in [0.25, 0.3) is 0 Å². The van der Waals surface area contributed by atoms with Crippen molar-refractivity contribution in [2.45, 2.75) is 11.1 Å². The third-order valence-corrected chi connectivity index (χ3v) is 3.56. The second kappa shape index (κ2) is 5.29. The number of benzene rings is 1. The summed E-state index contributed by atoms with van der Waals surface area (Å²) in [4.78, 5) is 0.640. The predicted octanol–water partition coefficient (Wildman–Crippen LogP) is 2.62. The number of nitrogens with one attached hydrogen (secondary N) is 1. The summed E-state index contributed by atoms with van der Waals surface area (Å²) in [6.45, 7) is 3.46. The fourth-order valence-electron chi connectivity index (χ4n) is 1.61. The van der Waals surface area contributed by atoms with Crippen LogP contribution in [-0.2, 0) is 6.18 Å². The quantitative estimate of drug-likeness (QED) is 0.825. The molecular weight excluding hydrogens is 249 g/mol. The van der Waals surface area contributed by atoms with Crippen molar-refractivity contribution < 1.29 is 13.2 Å². The minimum Gasteiger partial charge on any atom is -0.314 e. The van der Waals surface area contributed by atoms with Crippen molar-refractivity contribution in [3.63, 3.8) is 0 Å². The Balaban J connectivity index is 2.05. The molecule has 1 saturated heterocycles. The number of hydrogen-bond donors (Lipinski definition) is 1. The summed E-state index contributed by atoms with van der Waals surface area (Å²) in [5.41, 5.74) is -0.586. The van der Waals surface area contributed by atoms with Gasteiger partial charge in [-0.1, -0.05) is 6.07 Å². The van der Waals surface area contributed by atoms with Crippen molar-refractivity contribution in [3.8, 4) is 0 Å². The summed E-state index contributed by atoms with van der Waals surface area (Å²) < 4.78 is 39.6. The van der Waals surface area contributed by atoms with Crippen molar-refractivity contribution in [1.29, 1.82) is 0 Å². The van der Waals surface area contributed by atoms with Gasteiger partial charge in [0.15, 0.2) is 0 Å². The van der Waals surface area contributed by atoms with Gasteiger partial charge in [0.1, 0.15) is 0 Å². The van der Waals surface area contributed by atoms with E-state index in [2.05, 4.69) is 9.62 Å². The van der Waals surface area contributed by atoms with Gasteiger partial charge in [-0.15, -0.1) is 0 Å². The van der Waals surface area contributed by atoms with Crippen LogP contribution in [0.25, 0.3) is 0 Å². The van der Waals surface area contributed by atoms with Gasteiger partial charge >= 0.3 is 6.18 Å². The first-order valence-corrected chi connectivity index (χ1v) is 6.14. The molecule has 0 aromatic heterocycles. The van der Waals surface area contributed by atoms with Gasteiger partial charge in [-0.3, -0.25) is 0 Å². The number of piperazine rings is 1. The maximum absolute atomic E-state index is 12.5. The summed E-state index contributed by atoms with van der Waals surface area (Å²) in [6, 6.07) is 5.46. The standard InChI is InChI=1S/C11H13F3N2S/c12-11(13,14)9-2-1-3-10(8-9)17-16-6-4-15-5-7-16/h1-3,8,15H,4-7H2. The second-order valence-electron chi connectivity index (χ2n) is 3.80. The lowest BCUT2D eigenvalue weighted by Crippen LogP contribution is -2.39. The Hall–Kier alpha value is -0.720. The van der Waals surface area contributed by atoms with Crippen LogP contribution in [0.4, 0.5) is 13.2 Å². The summed E-state index contributed by atoms with van der Waals surface area (Å²) in [6.07, 6.45) is -4.26. The van der Waals surface area contributed by atoms with Crippen molar-refractivity contribution in [2.75, 3.05) is 26.2 Å². The lowest BCUT2D eigenvalue weighted by Gasteiger charge is -2.26. The largest absolute Gasteiger partial charge is 0.416 e. The molecule has 0 saturated carbocycles. The molecule has 17 heavy (non-hydrogen) atoms. The first-order valence-electron chi connectivity index (χ1n) is 5.36. The molecule has 1 heterocycles. The molecule has 0 atom stereocenters. The van der Waals surface area contributed by atoms with E-state index in [0.717, 1.165) is 32.2 Å². The molecule has 94 valence electrons. The Morgan fingerprint density at radius 3 is 2.53 bits per heavy atom. The zero-order valence-corrected chi connectivity index (χ0v) is 9.94. The van der Waals surface area contributed by atoms with Crippen LogP contribution in [0.1, 0.15) is 5.56 Å². The highest BCUT2D eigenvalue weighted by Crippen LogP contribution is 2.32. The molecule has 1 fully saturated rings. The Morgan fingerprint density at radius 2 is 1.88 bits per heavy atom. The summed E-state index contributed by atoms with van der Waals surface area (Å²) in [5.74, 6) is 0. The summed E-state index contributed by atoms with van der Waals surface area (Å²) in [7, 11) is 0. The fraction of sp³-hybridized carbons (Fsp3) is 0.455. The second-order valence-corrected chi connectivity index (χ2v) is 4.97. The highest BCUT2D eigenvalue weighted by molar-refractivity contribution is 7.97. The van der Waals surface area contributed by atoms with Gasteiger partial charge in [0.2, 0.25) is 0 Å². The van der Waals surface area contributed by atoms with E-state index in [4.69, 9.17) is 0 Å². The van der Waals surface area contributed by atoms with Crippen LogP contribution < -0.4 is 5.32 Å².